The summed E-state index contributed by atoms with van der Waals surface area (Å²) in [6.07, 6.45) is 10.1. The molecule has 1 N–H and O–H groups in total. The molecule has 2 bridgehead atoms. The predicted octanol–water partition coefficient (Wildman–Crippen LogP) is 3.12. The van der Waals surface area contributed by atoms with Crippen molar-refractivity contribution in [1.29, 1.82) is 0 Å². The Morgan fingerprint density at radius 3 is 2.37 bits per heavy atom. The highest BCUT2D eigenvalue weighted by Crippen LogP contribution is 2.36. The molecule has 3 rings (SSSR count). The van der Waals surface area contributed by atoms with Crippen molar-refractivity contribution in [2.45, 2.75) is 70.0 Å². The summed E-state index contributed by atoms with van der Waals surface area (Å²) in [5, 5.41) is 3.71. The highest BCUT2D eigenvalue weighted by atomic mass is 32.2. The second-order valence-corrected chi connectivity index (χ2v) is 7.94. The first-order valence-electron chi connectivity index (χ1n) is 8.43. The largest absolute Gasteiger partial charge is 0.314 e. The van der Waals surface area contributed by atoms with Crippen LogP contribution in [0.15, 0.2) is 0 Å². The zero-order chi connectivity index (χ0) is 13.1. The number of hydrogen-bond acceptors (Lipinski definition) is 3. The highest BCUT2D eigenvalue weighted by molar-refractivity contribution is 7.99. The van der Waals surface area contributed by atoms with E-state index in [9.17, 15) is 0 Å². The van der Waals surface area contributed by atoms with E-state index in [0.717, 1.165) is 30.6 Å². The van der Waals surface area contributed by atoms with Crippen LogP contribution < -0.4 is 5.32 Å². The second-order valence-electron chi connectivity index (χ2n) is 6.72. The lowest BCUT2D eigenvalue weighted by Gasteiger charge is -2.50. The van der Waals surface area contributed by atoms with Gasteiger partial charge in [0, 0.05) is 24.7 Å². The van der Waals surface area contributed by atoms with E-state index in [1.165, 1.54) is 63.0 Å². The summed E-state index contributed by atoms with van der Waals surface area (Å²) in [5.41, 5.74) is 0. The number of rotatable bonds is 4. The van der Waals surface area contributed by atoms with E-state index < -0.39 is 0 Å². The highest BCUT2D eigenvalue weighted by Gasteiger charge is 2.38. The number of nitrogens with zero attached hydrogens (tertiary/aromatic N) is 1. The molecule has 3 aliphatic heterocycles. The van der Waals surface area contributed by atoms with Crippen LogP contribution >= 0.6 is 11.8 Å². The molecule has 0 spiro atoms. The summed E-state index contributed by atoms with van der Waals surface area (Å²) < 4.78 is 0. The van der Waals surface area contributed by atoms with Crippen molar-refractivity contribution in [3.05, 3.63) is 0 Å². The Hall–Kier alpha value is 0.270. The Morgan fingerprint density at radius 2 is 1.74 bits per heavy atom. The lowest BCUT2D eigenvalue weighted by Crippen LogP contribution is -2.57. The smallest absolute Gasteiger partial charge is 0.0113 e. The fourth-order valence-electron chi connectivity index (χ4n) is 4.46. The summed E-state index contributed by atoms with van der Waals surface area (Å²) in [6, 6.07) is 2.59. The van der Waals surface area contributed by atoms with E-state index in [1.54, 1.807) is 0 Å². The van der Waals surface area contributed by atoms with E-state index in [1.807, 2.05) is 0 Å². The maximum absolute atomic E-state index is 3.71. The van der Waals surface area contributed by atoms with E-state index >= 15 is 0 Å². The van der Waals surface area contributed by atoms with Gasteiger partial charge < -0.3 is 5.32 Å². The Labute approximate surface area is 123 Å². The number of fused-ring (bicyclic) bond motifs is 2. The van der Waals surface area contributed by atoms with Crippen LogP contribution in [-0.4, -0.2) is 47.6 Å². The van der Waals surface area contributed by atoms with Crippen molar-refractivity contribution in [3.8, 4) is 0 Å². The molecule has 0 saturated carbocycles. The zero-order valence-electron chi connectivity index (χ0n) is 12.4. The summed E-state index contributed by atoms with van der Waals surface area (Å²) in [5.74, 6) is 3.82. The van der Waals surface area contributed by atoms with Crippen LogP contribution in [0.2, 0.25) is 0 Å². The van der Waals surface area contributed by atoms with Crippen LogP contribution in [0.1, 0.15) is 51.9 Å². The quantitative estimate of drug-likeness (QED) is 0.853. The normalized spacial score (nSPS) is 37.4. The van der Waals surface area contributed by atoms with Gasteiger partial charge in [-0.3, -0.25) is 4.90 Å². The van der Waals surface area contributed by atoms with Gasteiger partial charge in [0.15, 0.2) is 0 Å². The Morgan fingerprint density at radius 1 is 1.05 bits per heavy atom. The van der Waals surface area contributed by atoms with Gasteiger partial charge >= 0.3 is 0 Å². The first-order chi connectivity index (χ1) is 9.36. The average molecular weight is 282 g/mol. The third kappa shape index (κ3) is 3.48. The molecular weight excluding hydrogens is 252 g/mol. The van der Waals surface area contributed by atoms with E-state index in [-0.39, 0.29) is 0 Å². The fraction of sp³-hybridized carbons (Fsp3) is 1.00. The van der Waals surface area contributed by atoms with Gasteiger partial charge in [0.05, 0.1) is 0 Å². The van der Waals surface area contributed by atoms with Crippen LogP contribution in [0.5, 0.6) is 0 Å². The molecule has 0 aliphatic carbocycles. The standard InChI is InChI=1S/C16H30N2S/c1-2-17-14-10-15-4-3-5-16(11-14)18(15)12-13-6-8-19-9-7-13/h13-17H,2-12H2,1H3. The number of nitrogens with one attached hydrogen (secondary N) is 1. The van der Waals surface area contributed by atoms with Gasteiger partial charge in [-0.2, -0.15) is 11.8 Å². The molecule has 2 atom stereocenters. The van der Waals surface area contributed by atoms with Crippen molar-refractivity contribution in [2.75, 3.05) is 24.6 Å². The Balaban J connectivity index is 1.58. The molecule has 0 aromatic heterocycles. The molecule has 3 heteroatoms. The Bertz CT molecular complexity index is 264. The third-order valence-corrected chi connectivity index (χ3v) is 6.48. The lowest BCUT2D eigenvalue weighted by atomic mass is 9.80. The van der Waals surface area contributed by atoms with Crippen LogP contribution in [0, 0.1) is 5.92 Å². The molecule has 3 fully saturated rings. The van der Waals surface area contributed by atoms with Gasteiger partial charge in [-0.05, 0) is 62.5 Å². The monoisotopic (exact) mass is 282 g/mol. The minimum Gasteiger partial charge on any atom is -0.314 e. The summed E-state index contributed by atoms with van der Waals surface area (Å²) in [7, 11) is 0. The Kier molecular flexibility index (Phi) is 5.10. The van der Waals surface area contributed by atoms with Crippen molar-refractivity contribution < 1.29 is 0 Å². The summed E-state index contributed by atoms with van der Waals surface area (Å²) in [4.78, 5) is 2.93. The van der Waals surface area contributed by atoms with Gasteiger partial charge in [0.2, 0.25) is 0 Å². The second kappa shape index (κ2) is 6.82. The molecule has 110 valence electrons. The maximum atomic E-state index is 3.71. The van der Waals surface area contributed by atoms with Gasteiger partial charge in [0.1, 0.15) is 0 Å². The average Bonchev–Trinajstić information content (AvgIpc) is 2.41. The lowest BCUT2D eigenvalue weighted by molar-refractivity contribution is 0.0115. The number of hydrogen-bond donors (Lipinski definition) is 1. The van der Waals surface area contributed by atoms with Crippen molar-refractivity contribution in [1.82, 2.24) is 10.2 Å². The molecule has 3 heterocycles. The van der Waals surface area contributed by atoms with Gasteiger partial charge in [-0.1, -0.05) is 13.3 Å². The van der Waals surface area contributed by atoms with Gasteiger partial charge in [-0.25, -0.2) is 0 Å². The zero-order valence-corrected chi connectivity index (χ0v) is 13.3. The van der Waals surface area contributed by atoms with E-state index in [4.69, 9.17) is 0 Å². The van der Waals surface area contributed by atoms with Crippen LogP contribution in [0.3, 0.4) is 0 Å². The summed E-state index contributed by atoms with van der Waals surface area (Å²) in [6.45, 7) is 4.81. The first kappa shape index (κ1) is 14.2. The third-order valence-electron chi connectivity index (χ3n) is 5.43. The molecule has 0 aromatic carbocycles. The van der Waals surface area contributed by atoms with Gasteiger partial charge in [-0.15, -0.1) is 0 Å². The fourth-order valence-corrected chi connectivity index (χ4v) is 5.66. The van der Waals surface area contributed by atoms with Crippen LogP contribution in [-0.2, 0) is 0 Å². The molecule has 2 unspecified atom stereocenters. The van der Waals surface area contributed by atoms with E-state index in [0.29, 0.717) is 0 Å². The molecule has 3 aliphatic rings. The first-order valence-corrected chi connectivity index (χ1v) is 9.59. The predicted molar refractivity (Wildman–Crippen MR) is 84.9 cm³/mol. The minimum absolute atomic E-state index is 0.804. The molecule has 19 heavy (non-hydrogen) atoms. The number of piperidine rings is 2. The minimum atomic E-state index is 0.804. The molecular formula is C16H30N2S. The molecule has 3 saturated heterocycles. The maximum Gasteiger partial charge on any atom is 0.0113 e. The number of thioether (sulfide) groups is 1. The molecule has 2 nitrogen and oxygen atoms in total. The van der Waals surface area contributed by atoms with Crippen molar-refractivity contribution in [3.63, 3.8) is 0 Å². The molecule has 0 aromatic rings. The van der Waals surface area contributed by atoms with Crippen LogP contribution in [0.4, 0.5) is 0 Å². The topological polar surface area (TPSA) is 15.3 Å². The van der Waals surface area contributed by atoms with Crippen molar-refractivity contribution >= 4 is 11.8 Å². The van der Waals surface area contributed by atoms with E-state index in [2.05, 4.69) is 28.9 Å². The van der Waals surface area contributed by atoms with Crippen LogP contribution in [0.25, 0.3) is 0 Å². The molecule has 0 radical (unpaired) electrons. The molecule has 0 amide bonds. The SMILES string of the molecule is CCNC1CC2CCCC(C1)N2CC1CCSCC1. The van der Waals surface area contributed by atoms with Gasteiger partial charge in [0.25, 0.3) is 0 Å². The summed E-state index contributed by atoms with van der Waals surface area (Å²) >= 11 is 2.16. The van der Waals surface area contributed by atoms with Crippen molar-refractivity contribution in [2.24, 2.45) is 5.92 Å².